The number of carbonyl (C=O) groups excluding carboxylic acids is 1. The number of hydrogen-bond acceptors (Lipinski definition) is 6. The highest BCUT2D eigenvalue weighted by atomic mass is 35.5. The number of fused-ring (bicyclic) bond motifs is 1. The Balaban J connectivity index is 1.29. The van der Waals surface area contributed by atoms with Gasteiger partial charge in [0, 0.05) is 53.5 Å². The van der Waals surface area contributed by atoms with E-state index >= 15 is 0 Å². The van der Waals surface area contributed by atoms with Crippen LogP contribution in [0.15, 0.2) is 54.9 Å². The number of nitrogens with zero attached hydrogens (tertiary/aromatic N) is 3. The van der Waals surface area contributed by atoms with Gasteiger partial charge < -0.3 is 26.3 Å². The third-order valence-electron chi connectivity index (χ3n) is 7.53. The van der Waals surface area contributed by atoms with E-state index in [1.54, 1.807) is 6.20 Å². The summed E-state index contributed by atoms with van der Waals surface area (Å²) in [4.78, 5) is 28.3. The highest BCUT2D eigenvalue weighted by Crippen LogP contribution is 2.33. The normalized spacial score (nSPS) is 17.1. The number of rotatable bonds is 10. The molecule has 0 bridgehead atoms. The number of aromatic amines is 1. The Hall–Kier alpha value is -3.78. The highest BCUT2D eigenvalue weighted by Gasteiger charge is 2.26. The first-order valence-corrected chi connectivity index (χ1v) is 14.7. The van der Waals surface area contributed by atoms with Crippen molar-refractivity contribution in [2.75, 3.05) is 29.0 Å². The highest BCUT2D eigenvalue weighted by molar-refractivity contribution is 6.33. The number of halogens is 1. The number of aromatic nitrogens is 3. The van der Waals surface area contributed by atoms with Gasteiger partial charge in [-0.25, -0.2) is 9.97 Å². The van der Waals surface area contributed by atoms with Gasteiger partial charge >= 0.3 is 0 Å². The summed E-state index contributed by atoms with van der Waals surface area (Å²) >= 11 is 6.53. The Labute approximate surface area is 240 Å². The van der Waals surface area contributed by atoms with Crippen LogP contribution in [-0.4, -0.2) is 46.0 Å². The van der Waals surface area contributed by atoms with Crippen LogP contribution in [0.3, 0.4) is 0 Å². The Bertz CT molecular complexity index is 1460. The monoisotopic (exact) mass is 559 g/mol. The van der Waals surface area contributed by atoms with Crippen molar-refractivity contribution in [2.45, 2.75) is 64.5 Å². The van der Waals surface area contributed by atoms with E-state index < -0.39 is 0 Å². The largest absolute Gasteiger partial charge is 0.399 e. The van der Waals surface area contributed by atoms with E-state index in [4.69, 9.17) is 22.3 Å². The van der Waals surface area contributed by atoms with Gasteiger partial charge in [0.1, 0.15) is 0 Å². The van der Waals surface area contributed by atoms with Crippen LogP contribution >= 0.6 is 11.6 Å². The lowest BCUT2D eigenvalue weighted by atomic mass is 9.90. The van der Waals surface area contributed by atoms with E-state index in [0.717, 1.165) is 73.8 Å². The molecule has 1 fully saturated rings. The molecule has 2 heterocycles. The molecule has 0 radical (unpaired) electrons. The maximum Gasteiger partial charge on any atom is 0.253 e. The van der Waals surface area contributed by atoms with Gasteiger partial charge in [0.25, 0.3) is 5.91 Å². The summed E-state index contributed by atoms with van der Waals surface area (Å²) in [6.45, 7) is 6.07. The minimum absolute atomic E-state index is 0.0512. The summed E-state index contributed by atoms with van der Waals surface area (Å²) in [6.07, 6.45) is 9.29. The van der Waals surface area contributed by atoms with Gasteiger partial charge in [-0.3, -0.25) is 4.79 Å². The van der Waals surface area contributed by atoms with E-state index in [0.29, 0.717) is 27.9 Å². The van der Waals surface area contributed by atoms with Crippen LogP contribution in [0.1, 0.15) is 62.7 Å². The van der Waals surface area contributed by atoms with Crippen molar-refractivity contribution in [2.24, 2.45) is 0 Å². The minimum Gasteiger partial charge on any atom is -0.399 e. The summed E-state index contributed by atoms with van der Waals surface area (Å²) in [6, 6.07) is 13.9. The summed E-state index contributed by atoms with van der Waals surface area (Å²) < 4.78 is 0. The van der Waals surface area contributed by atoms with Gasteiger partial charge in [0.2, 0.25) is 5.95 Å². The quantitative estimate of drug-likeness (QED) is 0.162. The van der Waals surface area contributed by atoms with Gasteiger partial charge in [-0.05, 0) is 62.8 Å². The summed E-state index contributed by atoms with van der Waals surface area (Å²) in [5, 5.41) is 8.37. The number of nitrogens with one attached hydrogen (secondary N) is 3. The van der Waals surface area contributed by atoms with Crippen LogP contribution in [-0.2, 0) is 0 Å². The number of para-hydroxylation sites is 1. The van der Waals surface area contributed by atoms with Crippen LogP contribution in [0.25, 0.3) is 22.2 Å². The predicted molar refractivity (Wildman–Crippen MR) is 165 cm³/mol. The van der Waals surface area contributed by atoms with Crippen LogP contribution in [0, 0.1) is 0 Å². The van der Waals surface area contributed by atoms with Gasteiger partial charge in [-0.15, -0.1) is 0 Å². The second kappa shape index (κ2) is 12.6. The van der Waals surface area contributed by atoms with Crippen LogP contribution in [0.2, 0.25) is 5.02 Å². The van der Waals surface area contributed by atoms with Gasteiger partial charge in [0.15, 0.2) is 0 Å². The number of nitrogen functional groups attached to an aromatic ring is 1. The molecule has 0 spiro atoms. The van der Waals surface area contributed by atoms with Crippen molar-refractivity contribution in [1.29, 1.82) is 0 Å². The van der Waals surface area contributed by atoms with Gasteiger partial charge in [0.05, 0.1) is 28.2 Å². The lowest BCUT2D eigenvalue weighted by molar-refractivity contribution is 0.0927. The van der Waals surface area contributed by atoms with E-state index in [1.165, 1.54) is 0 Å². The summed E-state index contributed by atoms with van der Waals surface area (Å²) in [7, 11) is 0. The molecule has 2 atom stereocenters. The Morgan fingerprint density at radius 2 is 1.90 bits per heavy atom. The Morgan fingerprint density at radius 1 is 1.12 bits per heavy atom. The number of benzene rings is 2. The molecule has 2 aromatic heterocycles. The van der Waals surface area contributed by atoms with E-state index in [2.05, 4.69) is 45.4 Å². The smallest absolute Gasteiger partial charge is 0.253 e. The molecule has 9 heteroatoms. The van der Waals surface area contributed by atoms with Gasteiger partial charge in [-0.2, -0.15) is 0 Å². The molecule has 1 saturated carbocycles. The molecule has 4 aromatic rings. The summed E-state index contributed by atoms with van der Waals surface area (Å²) in [5.41, 5.74) is 11.0. The van der Waals surface area contributed by atoms with Crippen molar-refractivity contribution in [1.82, 2.24) is 20.3 Å². The van der Waals surface area contributed by atoms with E-state index in [9.17, 15) is 4.79 Å². The average molecular weight is 560 g/mol. The second-order valence-electron chi connectivity index (χ2n) is 10.6. The molecular weight excluding hydrogens is 522 g/mol. The molecule has 8 nitrogen and oxygen atoms in total. The van der Waals surface area contributed by atoms with Crippen molar-refractivity contribution in [3.8, 4) is 11.3 Å². The molecule has 0 saturated heterocycles. The van der Waals surface area contributed by atoms with Crippen LogP contribution in [0.5, 0.6) is 0 Å². The molecule has 2 aromatic carbocycles. The van der Waals surface area contributed by atoms with Crippen LogP contribution in [0.4, 0.5) is 17.3 Å². The standard InChI is InChI=1S/C31H38ClN7O/c1-3-14-39(15-4-2)28-16-20(33)12-13-24(28)30(40)36-21-8-7-9-22(17-21)37-31-35-19-26(32)29(38-31)25-18-34-27-11-6-5-10-23(25)27/h5-6,10-13,16,18-19,21-22,34H,3-4,7-9,14-15,17,33H2,1-2H3,(H,36,40)(H,35,37,38). The van der Waals surface area contributed by atoms with Crippen molar-refractivity contribution >= 4 is 45.7 Å². The zero-order valence-corrected chi connectivity index (χ0v) is 24.0. The molecular formula is C31H38ClN7O. The molecule has 2 unspecified atom stereocenters. The van der Waals surface area contributed by atoms with Crippen molar-refractivity contribution in [3.05, 3.63) is 65.4 Å². The maximum atomic E-state index is 13.5. The number of H-pyrrole nitrogens is 1. The number of nitrogens with two attached hydrogens (primary N) is 1. The first-order chi connectivity index (χ1) is 19.5. The first kappa shape index (κ1) is 27.8. The molecule has 1 aliphatic rings. The molecule has 5 N–H and O–H groups in total. The Kier molecular flexibility index (Phi) is 8.75. The predicted octanol–water partition coefficient (Wildman–Crippen LogP) is 6.64. The minimum atomic E-state index is -0.0535. The topological polar surface area (TPSA) is 112 Å². The number of hydrogen-bond donors (Lipinski definition) is 4. The second-order valence-corrected chi connectivity index (χ2v) is 11.0. The molecule has 40 heavy (non-hydrogen) atoms. The molecule has 1 amide bonds. The molecule has 5 rings (SSSR count). The lowest BCUT2D eigenvalue weighted by Gasteiger charge is -2.31. The third kappa shape index (κ3) is 6.17. The number of anilines is 3. The zero-order chi connectivity index (χ0) is 28.1. The average Bonchev–Trinajstić information content (AvgIpc) is 3.38. The first-order valence-electron chi connectivity index (χ1n) is 14.3. The van der Waals surface area contributed by atoms with Crippen molar-refractivity contribution in [3.63, 3.8) is 0 Å². The molecule has 210 valence electrons. The fourth-order valence-electron chi connectivity index (χ4n) is 5.69. The maximum absolute atomic E-state index is 13.5. The third-order valence-corrected chi connectivity index (χ3v) is 7.80. The Morgan fingerprint density at radius 3 is 2.70 bits per heavy atom. The van der Waals surface area contributed by atoms with Gasteiger partial charge in [-0.1, -0.05) is 43.6 Å². The fraction of sp³-hybridized carbons (Fsp3) is 0.387. The number of amides is 1. The molecule has 1 aliphatic carbocycles. The van der Waals surface area contributed by atoms with Crippen molar-refractivity contribution < 1.29 is 4.79 Å². The number of carbonyl (C=O) groups is 1. The fourth-order valence-corrected chi connectivity index (χ4v) is 5.88. The molecule has 0 aliphatic heterocycles. The van der Waals surface area contributed by atoms with E-state index in [-0.39, 0.29) is 18.0 Å². The SMILES string of the molecule is CCCN(CCC)c1cc(N)ccc1C(=O)NC1CCCC(Nc2ncc(Cl)c(-c3c[nH]c4ccccc34)n2)C1. The zero-order valence-electron chi connectivity index (χ0n) is 23.2. The summed E-state index contributed by atoms with van der Waals surface area (Å²) in [5.74, 6) is 0.486. The van der Waals surface area contributed by atoms with Crippen LogP contribution < -0.4 is 21.3 Å². The lowest BCUT2D eigenvalue weighted by Crippen LogP contribution is -2.42. The van der Waals surface area contributed by atoms with E-state index in [1.807, 2.05) is 42.6 Å².